The summed E-state index contributed by atoms with van der Waals surface area (Å²) in [6.45, 7) is 0.121. The summed E-state index contributed by atoms with van der Waals surface area (Å²) >= 11 is 1.21. The maximum absolute atomic E-state index is 12.8. The third-order valence-corrected chi connectivity index (χ3v) is 5.28. The molecule has 1 aromatic heterocycles. The van der Waals surface area contributed by atoms with Gasteiger partial charge >= 0.3 is 10.2 Å². The van der Waals surface area contributed by atoms with E-state index in [0.717, 1.165) is 0 Å². The van der Waals surface area contributed by atoms with Crippen molar-refractivity contribution in [3.63, 3.8) is 0 Å². The van der Waals surface area contributed by atoms with Crippen molar-refractivity contribution in [2.24, 2.45) is 5.92 Å². The van der Waals surface area contributed by atoms with Gasteiger partial charge in [0.15, 0.2) is 5.13 Å². The molecule has 1 unspecified atom stereocenters. The Morgan fingerprint density at radius 3 is 2.83 bits per heavy atom. The topological polar surface area (TPSA) is 87.6 Å². The third kappa shape index (κ3) is 3.50. The van der Waals surface area contributed by atoms with Crippen LogP contribution in [0.3, 0.4) is 0 Å². The molecular weight excluding hydrogens is 343 g/mol. The first kappa shape index (κ1) is 15.9. The molecule has 1 saturated heterocycles. The van der Waals surface area contributed by atoms with Crippen molar-refractivity contribution in [2.45, 2.75) is 6.42 Å². The Labute approximate surface area is 136 Å². The van der Waals surface area contributed by atoms with Crippen LogP contribution in [0.2, 0.25) is 0 Å². The molecular formula is C14H13FN2O4S2. The van der Waals surface area contributed by atoms with E-state index in [1.807, 2.05) is 0 Å². The number of halogens is 1. The number of carbonyl (C=O) groups is 1. The molecule has 1 aliphatic rings. The highest BCUT2D eigenvalue weighted by Crippen LogP contribution is 2.34. The fraction of sp³-hybridized carbons (Fsp3) is 0.286. The summed E-state index contributed by atoms with van der Waals surface area (Å²) in [7, 11) is -4.61. The molecule has 1 fully saturated rings. The second-order valence-corrected chi connectivity index (χ2v) is 7.56. The summed E-state index contributed by atoms with van der Waals surface area (Å²) in [5, 5.41) is 12.0. The van der Waals surface area contributed by atoms with E-state index >= 15 is 0 Å². The molecule has 6 nitrogen and oxygen atoms in total. The van der Waals surface area contributed by atoms with Gasteiger partial charge in [-0.05, 0) is 12.1 Å². The Morgan fingerprint density at radius 1 is 1.39 bits per heavy atom. The Balaban J connectivity index is 1.81. The van der Waals surface area contributed by atoms with Crippen LogP contribution in [-0.4, -0.2) is 36.7 Å². The zero-order valence-electron chi connectivity index (χ0n) is 11.8. The first-order valence-corrected chi connectivity index (χ1v) is 9.23. The lowest BCUT2D eigenvalue weighted by molar-refractivity contribution is -0.117. The normalized spacial score (nSPS) is 18.6. The van der Waals surface area contributed by atoms with E-state index in [1.165, 1.54) is 22.3 Å². The van der Waals surface area contributed by atoms with E-state index in [-0.39, 0.29) is 24.6 Å². The molecule has 9 heteroatoms. The van der Waals surface area contributed by atoms with Crippen molar-refractivity contribution < 1.29 is 22.2 Å². The predicted octanol–water partition coefficient (Wildman–Crippen LogP) is 2.17. The van der Waals surface area contributed by atoms with E-state index in [2.05, 4.69) is 4.98 Å². The van der Waals surface area contributed by atoms with Gasteiger partial charge < -0.3 is 5.11 Å². The van der Waals surface area contributed by atoms with Gasteiger partial charge in [-0.15, -0.1) is 15.2 Å². The summed E-state index contributed by atoms with van der Waals surface area (Å²) in [6.07, 6.45) is -0.0192. The van der Waals surface area contributed by atoms with Crippen LogP contribution in [0.4, 0.5) is 9.02 Å². The van der Waals surface area contributed by atoms with Gasteiger partial charge in [0.2, 0.25) is 5.91 Å². The molecule has 1 N–H and O–H groups in total. The Morgan fingerprint density at radius 2 is 2.13 bits per heavy atom. The van der Waals surface area contributed by atoms with Crippen LogP contribution in [-0.2, 0) is 15.0 Å². The van der Waals surface area contributed by atoms with E-state index < -0.39 is 21.9 Å². The molecule has 0 bridgehead atoms. The van der Waals surface area contributed by atoms with Crippen molar-refractivity contribution in [3.05, 3.63) is 29.6 Å². The molecule has 23 heavy (non-hydrogen) atoms. The molecule has 0 aliphatic carbocycles. The zero-order valence-corrected chi connectivity index (χ0v) is 13.5. The number of benzene rings is 1. The molecule has 2 aromatic rings. The zero-order chi connectivity index (χ0) is 16.6. The van der Waals surface area contributed by atoms with Crippen molar-refractivity contribution in [1.29, 1.82) is 0 Å². The molecule has 1 amide bonds. The van der Waals surface area contributed by atoms with Crippen LogP contribution in [0.25, 0.3) is 11.3 Å². The SMILES string of the molecule is O=C1CC(CS(=O)(=O)F)CN1c1nc(-c2ccccc2O)cs1. The number of thiazole rings is 1. The number of aromatic nitrogens is 1. The van der Waals surface area contributed by atoms with Crippen LogP contribution < -0.4 is 4.90 Å². The van der Waals surface area contributed by atoms with Crippen LogP contribution in [0.5, 0.6) is 5.75 Å². The van der Waals surface area contributed by atoms with E-state index in [1.54, 1.807) is 23.6 Å². The molecule has 1 aromatic carbocycles. The number of nitrogens with zero attached hydrogens (tertiary/aromatic N) is 2. The van der Waals surface area contributed by atoms with Gasteiger partial charge in [0.1, 0.15) is 5.75 Å². The van der Waals surface area contributed by atoms with Gasteiger partial charge in [0, 0.05) is 29.8 Å². The molecule has 1 aliphatic heterocycles. The van der Waals surface area contributed by atoms with Crippen molar-refractivity contribution >= 4 is 32.6 Å². The Hall–Kier alpha value is -2.00. The van der Waals surface area contributed by atoms with Gasteiger partial charge in [-0.3, -0.25) is 9.69 Å². The van der Waals surface area contributed by atoms with Crippen molar-refractivity contribution in [1.82, 2.24) is 4.98 Å². The van der Waals surface area contributed by atoms with E-state index in [0.29, 0.717) is 16.4 Å². The number of para-hydroxylation sites is 1. The fourth-order valence-electron chi connectivity index (χ4n) is 2.56. The van der Waals surface area contributed by atoms with Gasteiger partial charge in [-0.2, -0.15) is 8.42 Å². The summed E-state index contributed by atoms with van der Waals surface area (Å²) < 4.78 is 34.2. The smallest absolute Gasteiger partial charge is 0.302 e. The largest absolute Gasteiger partial charge is 0.507 e. The standard InChI is InChI=1S/C14H13FN2O4S2/c15-23(20,21)8-9-5-13(19)17(6-9)14-16-11(7-22-14)10-3-1-2-4-12(10)18/h1-4,7,9,18H,5-6,8H2. The highest BCUT2D eigenvalue weighted by Gasteiger charge is 2.35. The minimum absolute atomic E-state index is 0.0192. The summed E-state index contributed by atoms with van der Waals surface area (Å²) in [4.78, 5) is 17.7. The van der Waals surface area contributed by atoms with Crippen LogP contribution in [0.15, 0.2) is 29.6 Å². The van der Waals surface area contributed by atoms with Crippen LogP contribution in [0, 0.1) is 5.92 Å². The second kappa shape index (κ2) is 5.89. The monoisotopic (exact) mass is 356 g/mol. The minimum Gasteiger partial charge on any atom is -0.507 e. The number of phenols is 1. The first-order valence-electron chi connectivity index (χ1n) is 6.80. The average molecular weight is 356 g/mol. The molecule has 3 rings (SSSR count). The lowest BCUT2D eigenvalue weighted by Gasteiger charge is -2.12. The Kier molecular flexibility index (Phi) is 4.07. The number of hydrogen-bond donors (Lipinski definition) is 1. The number of carbonyl (C=O) groups excluding carboxylic acids is 1. The van der Waals surface area contributed by atoms with E-state index in [4.69, 9.17) is 0 Å². The van der Waals surface area contributed by atoms with Crippen molar-refractivity contribution in [2.75, 3.05) is 17.2 Å². The lowest BCUT2D eigenvalue weighted by Crippen LogP contribution is -2.25. The van der Waals surface area contributed by atoms with E-state index in [9.17, 15) is 22.2 Å². The molecule has 1 atom stereocenters. The van der Waals surface area contributed by atoms with Crippen LogP contribution >= 0.6 is 11.3 Å². The maximum Gasteiger partial charge on any atom is 0.302 e. The van der Waals surface area contributed by atoms with Gasteiger partial charge in [0.25, 0.3) is 0 Å². The molecule has 0 saturated carbocycles. The highest BCUT2D eigenvalue weighted by molar-refractivity contribution is 7.86. The summed E-state index contributed by atoms with van der Waals surface area (Å²) in [6, 6.07) is 6.70. The number of aromatic hydroxyl groups is 1. The summed E-state index contributed by atoms with van der Waals surface area (Å²) in [5.74, 6) is -1.43. The second-order valence-electron chi connectivity index (χ2n) is 5.31. The molecule has 2 heterocycles. The lowest BCUT2D eigenvalue weighted by atomic mass is 10.1. The molecule has 0 radical (unpaired) electrons. The number of amides is 1. The highest BCUT2D eigenvalue weighted by atomic mass is 32.3. The Bertz CT molecular complexity index is 850. The summed E-state index contributed by atoms with van der Waals surface area (Å²) in [5.41, 5.74) is 1.07. The number of anilines is 1. The van der Waals surface area contributed by atoms with Gasteiger partial charge in [-0.1, -0.05) is 12.1 Å². The third-order valence-electron chi connectivity index (χ3n) is 3.54. The predicted molar refractivity (Wildman–Crippen MR) is 84.6 cm³/mol. The van der Waals surface area contributed by atoms with Crippen LogP contribution in [0.1, 0.15) is 6.42 Å². The molecule has 0 spiro atoms. The average Bonchev–Trinajstić information content (AvgIpc) is 3.04. The molecule has 122 valence electrons. The quantitative estimate of drug-likeness (QED) is 0.848. The first-order chi connectivity index (χ1) is 10.8. The van der Waals surface area contributed by atoms with Gasteiger partial charge in [-0.25, -0.2) is 4.98 Å². The van der Waals surface area contributed by atoms with Crippen molar-refractivity contribution in [3.8, 4) is 17.0 Å². The number of rotatable bonds is 4. The number of hydrogen-bond acceptors (Lipinski definition) is 6. The van der Waals surface area contributed by atoms with Gasteiger partial charge in [0.05, 0.1) is 11.4 Å². The fourth-order valence-corrected chi connectivity index (χ4v) is 4.20. The number of phenolic OH excluding ortho intramolecular Hbond substituents is 1. The maximum atomic E-state index is 12.8. The minimum atomic E-state index is -4.61.